The first-order valence-corrected chi connectivity index (χ1v) is 3.43. The second-order valence-electron chi connectivity index (χ2n) is 2.19. The van der Waals surface area contributed by atoms with E-state index in [0.29, 0.717) is 0 Å². The van der Waals surface area contributed by atoms with Gasteiger partial charge in [0, 0.05) is 0 Å². The predicted molar refractivity (Wildman–Crippen MR) is 32.6 cm³/mol. The van der Waals surface area contributed by atoms with Gasteiger partial charge in [-0.25, -0.2) is 4.39 Å². The highest BCUT2D eigenvalue weighted by molar-refractivity contribution is 6.47. The van der Waals surface area contributed by atoms with Gasteiger partial charge in [0.15, 0.2) is 0 Å². The van der Waals surface area contributed by atoms with Crippen LogP contribution in [0, 0.1) is 0 Å². The van der Waals surface area contributed by atoms with E-state index in [0.717, 1.165) is 0 Å². The third-order valence-electron chi connectivity index (χ3n) is 1.13. The van der Waals surface area contributed by atoms with E-state index in [2.05, 4.69) is 23.2 Å². The second kappa shape index (κ2) is 3.28. The van der Waals surface area contributed by atoms with Crippen molar-refractivity contribution in [1.82, 2.24) is 0 Å². The van der Waals surface area contributed by atoms with Crippen LogP contribution in [0.3, 0.4) is 0 Å². The molecule has 0 aromatic carbocycles. The Labute approximate surface area is 82.4 Å². The third-order valence-corrected chi connectivity index (χ3v) is 1.60. The van der Waals surface area contributed by atoms with Crippen molar-refractivity contribution in [2.24, 2.45) is 0 Å². The molecule has 0 atom stereocenters. The summed E-state index contributed by atoms with van der Waals surface area (Å²) < 4.78 is 78.7. The summed E-state index contributed by atoms with van der Waals surface area (Å²) in [4.78, 5) is 0. The number of rotatable bonds is 3. The number of halogens is 9. The van der Waals surface area contributed by atoms with Gasteiger partial charge >= 0.3 is 22.5 Å². The van der Waals surface area contributed by atoms with Crippen molar-refractivity contribution in [3.63, 3.8) is 0 Å². The standard InChI is InChI=1S/C4HCl2F7O/c5-3(6,11)1(7,8)2(9,10)4(12,13)14/h14H. The van der Waals surface area contributed by atoms with E-state index in [1.165, 1.54) is 0 Å². The van der Waals surface area contributed by atoms with Gasteiger partial charge in [-0.1, -0.05) is 23.2 Å². The van der Waals surface area contributed by atoms with E-state index in [1.807, 2.05) is 0 Å². The Morgan fingerprint density at radius 3 is 1.07 bits per heavy atom. The fourth-order valence-corrected chi connectivity index (χ4v) is 0.604. The van der Waals surface area contributed by atoms with Gasteiger partial charge in [0.1, 0.15) is 0 Å². The predicted octanol–water partition coefficient (Wildman–Crippen LogP) is 2.94. The number of aliphatic hydroxyl groups is 1. The minimum atomic E-state index is -6.43. The minimum absolute atomic E-state index is 3.94. The van der Waals surface area contributed by atoms with E-state index in [-0.39, 0.29) is 0 Å². The van der Waals surface area contributed by atoms with E-state index in [4.69, 9.17) is 5.11 Å². The van der Waals surface area contributed by atoms with Gasteiger partial charge in [0.05, 0.1) is 0 Å². The molecular weight excluding hydrogens is 268 g/mol. The Morgan fingerprint density at radius 2 is 1.00 bits per heavy atom. The second-order valence-corrected chi connectivity index (χ2v) is 3.42. The maximum absolute atomic E-state index is 12.2. The van der Waals surface area contributed by atoms with Crippen LogP contribution in [0.5, 0.6) is 0 Å². The summed E-state index contributed by atoms with van der Waals surface area (Å²) in [6, 6.07) is 0. The molecular formula is C4HCl2F7O. The molecule has 10 heteroatoms. The summed E-state index contributed by atoms with van der Waals surface area (Å²) in [7, 11) is 0. The Morgan fingerprint density at radius 1 is 0.714 bits per heavy atom. The van der Waals surface area contributed by atoms with Crippen LogP contribution in [0.2, 0.25) is 0 Å². The molecule has 0 unspecified atom stereocenters. The molecule has 14 heavy (non-hydrogen) atoms. The fourth-order valence-electron chi connectivity index (χ4n) is 0.367. The monoisotopic (exact) mass is 268 g/mol. The highest BCUT2D eigenvalue weighted by Crippen LogP contribution is 2.53. The van der Waals surface area contributed by atoms with Crippen molar-refractivity contribution in [1.29, 1.82) is 0 Å². The summed E-state index contributed by atoms with van der Waals surface area (Å²) in [6.07, 6.45) is -6.16. The molecule has 1 N–H and O–H groups in total. The van der Waals surface area contributed by atoms with E-state index in [9.17, 15) is 30.7 Å². The summed E-state index contributed by atoms with van der Waals surface area (Å²) >= 11 is 7.88. The zero-order valence-corrected chi connectivity index (χ0v) is 7.36. The first-order chi connectivity index (χ1) is 5.75. The van der Waals surface area contributed by atoms with Crippen LogP contribution in [-0.2, 0) is 0 Å². The van der Waals surface area contributed by atoms with Crippen LogP contribution in [0.25, 0.3) is 0 Å². The zero-order valence-electron chi connectivity index (χ0n) is 5.85. The zero-order chi connectivity index (χ0) is 12.0. The minimum Gasteiger partial charge on any atom is -0.331 e. The van der Waals surface area contributed by atoms with Gasteiger partial charge in [-0.05, 0) is 0 Å². The Bertz CT molecular complexity index is 193. The maximum atomic E-state index is 12.2. The lowest BCUT2D eigenvalue weighted by atomic mass is 10.1. The van der Waals surface area contributed by atoms with E-state index < -0.39 is 22.5 Å². The molecule has 0 aliphatic carbocycles. The molecule has 0 aliphatic rings. The van der Waals surface area contributed by atoms with Gasteiger partial charge in [-0.15, -0.1) is 0 Å². The van der Waals surface area contributed by atoms with Gasteiger partial charge in [-0.2, -0.15) is 26.3 Å². The lowest BCUT2D eigenvalue weighted by Crippen LogP contribution is -2.60. The molecule has 0 rings (SSSR count). The van der Waals surface area contributed by atoms with Crippen molar-refractivity contribution in [2.45, 2.75) is 22.5 Å². The van der Waals surface area contributed by atoms with Gasteiger partial charge in [0.2, 0.25) is 0 Å². The van der Waals surface area contributed by atoms with Crippen molar-refractivity contribution in [2.75, 3.05) is 0 Å². The molecule has 0 aromatic rings. The topological polar surface area (TPSA) is 20.2 Å². The van der Waals surface area contributed by atoms with Crippen LogP contribution in [0.4, 0.5) is 30.7 Å². The highest BCUT2D eigenvalue weighted by atomic mass is 35.5. The first-order valence-electron chi connectivity index (χ1n) is 2.67. The van der Waals surface area contributed by atoms with Crippen LogP contribution in [-0.4, -0.2) is 27.6 Å². The number of hydrogen-bond acceptors (Lipinski definition) is 1. The van der Waals surface area contributed by atoms with Gasteiger partial charge < -0.3 is 5.11 Å². The largest absolute Gasteiger partial charge is 0.423 e. The van der Waals surface area contributed by atoms with E-state index >= 15 is 0 Å². The van der Waals surface area contributed by atoms with Crippen LogP contribution >= 0.6 is 23.2 Å². The SMILES string of the molecule is OC(F)(F)C(F)(F)C(F)(F)C(F)(Cl)Cl. The van der Waals surface area contributed by atoms with Crippen molar-refractivity contribution >= 4 is 23.2 Å². The Hall–Kier alpha value is 0.0500. The molecule has 0 spiro atoms. The molecule has 1 nitrogen and oxygen atoms in total. The lowest BCUT2D eigenvalue weighted by Gasteiger charge is -2.32. The number of hydrogen-bond donors (Lipinski definition) is 1. The average molecular weight is 269 g/mol. The summed E-state index contributed by atoms with van der Waals surface area (Å²) in [5, 5.41) is 7.40. The lowest BCUT2D eigenvalue weighted by molar-refractivity contribution is -0.391. The molecule has 0 radical (unpaired) electrons. The van der Waals surface area contributed by atoms with Crippen LogP contribution < -0.4 is 0 Å². The molecule has 0 aliphatic heterocycles. The molecule has 0 bridgehead atoms. The normalized spacial score (nSPS) is 15.9. The fraction of sp³-hybridized carbons (Fsp3) is 1.00. The molecule has 0 fully saturated rings. The number of alkyl halides is 9. The summed E-state index contributed by atoms with van der Waals surface area (Å²) in [5.41, 5.74) is 0. The summed E-state index contributed by atoms with van der Waals surface area (Å²) in [5.74, 6) is -12.6. The highest BCUT2D eigenvalue weighted by Gasteiger charge is 2.79. The molecule has 0 heterocycles. The van der Waals surface area contributed by atoms with Crippen molar-refractivity contribution < 1.29 is 35.8 Å². The molecule has 86 valence electrons. The van der Waals surface area contributed by atoms with E-state index in [1.54, 1.807) is 0 Å². The molecule has 0 saturated heterocycles. The quantitative estimate of drug-likeness (QED) is 0.616. The van der Waals surface area contributed by atoms with Crippen molar-refractivity contribution in [3.05, 3.63) is 0 Å². The Balaban J connectivity index is 5.30. The smallest absolute Gasteiger partial charge is 0.331 e. The third kappa shape index (κ3) is 2.01. The van der Waals surface area contributed by atoms with Crippen LogP contribution in [0.15, 0.2) is 0 Å². The Kier molecular flexibility index (Phi) is 3.29. The first kappa shape index (κ1) is 14.1. The average Bonchev–Trinajstić information content (AvgIpc) is 1.81. The van der Waals surface area contributed by atoms with Crippen molar-refractivity contribution in [3.8, 4) is 0 Å². The molecule has 0 saturated carbocycles. The molecule has 0 aromatic heterocycles. The van der Waals surface area contributed by atoms with Gasteiger partial charge in [-0.3, -0.25) is 0 Å². The maximum Gasteiger partial charge on any atom is 0.423 e. The summed E-state index contributed by atoms with van der Waals surface area (Å²) in [6.45, 7) is 0. The van der Waals surface area contributed by atoms with Crippen LogP contribution in [0.1, 0.15) is 0 Å². The van der Waals surface area contributed by atoms with Gasteiger partial charge in [0.25, 0.3) is 0 Å². The molecule has 0 amide bonds.